The van der Waals surface area contributed by atoms with Crippen molar-refractivity contribution in [1.82, 2.24) is 9.88 Å². The SMILES string of the molecule is CCCNc1ncccc1CN(CCO)C1CCCC1. The number of nitrogens with zero attached hydrogens (tertiary/aromatic N) is 2. The summed E-state index contributed by atoms with van der Waals surface area (Å²) in [4.78, 5) is 6.87. The van der Waals surface area contributed by atoms with Crippen LogP contribution in [0.3, 0.4) is 0 Å². The van der Waals surface area contributed by atoms with Crippen LogP contribution in [0.1, 0.15) is 44.6 Å². The largest absolute Gasteiger partial charge is 0.395 e. The molecule has 1 aliphatic rings. The Balaban J connectivity index is 2.04. The minimum atomic E-state index is 0.231. The van der Waals surface area contributed by atoms with E-state index in [1.54, 1.807) is 0 Å². The number of anilines is 1. The molecule has 0 spiro atoms. The van der Waals surface area contributed by atoms with Crippen molar-refractivity contribution in [2.24, 2.45) is 0 Å². The van der Waals surface area contributed by atoms with Crippen molar-refractivity contribution in [2.75, 3.05) is 25.0 Å². The Bertz CT molecular complexity index is 391. The highest BCUT2D eigenvalue weighted by Crippen LogP contribution is 2.25. The zero-order valence-corrected chi connectivity index (χ0v) is 12.5. The third-order valence-electron chi connectivity index (χ3n) is 4.04. The smallest absolute Gasteiger partial charge is 0.130 e. The van der Waals surface area contributed by atoms with E-state index >= 15 is 0 Å². The van der Waals surface area contributed by atoms with E-state index in [4.69, 9.17) is 0 Å². The van der Waals surface area contributed by atoms with Crippen molar-refractivity contribution in [1.29, 1.82) is 0 Å². The molecule has 2 N–H and O–H groups in total. The summed E-state index contributed by atoms with van der Waals surface area (Å²) in [7, 11) is 0. The highest BCUT2D eigenvalue weighted by molar-refractivity contribution is 5.43. The molecule has 0 amide bonds. The molecule has 0 unspecified atom stereocenters. The minimum absolute atomic E-state index is 0.231. The molecular weight excluding hydrogens is 250 g/mol. The van der Waals surface area contributed by atoms with Crippen molar-refractivity contribution >= 4 is 5.82 Å². The number of pyridine rings is 1. The maximum absolute atomic E-state index is 9.31. The molecule has 0 radical (unpaired) electrons. The summed E-state index contributed by atoms with van der Waals surface area (Å²) in [6, 6.07) is 4.77. The molecule has 1 heterocycles. The van der Waals surface area contributed by atoms with Crippen molar-refractivity contribution in [3.63, 3.8) is 0 Å². The van der Waals surface area contributed by atoms with Gasteiger partial charge in [-0.2, -0.15) is 0 Å². The number of aliphatic hydroxyl groups excluding tert-OH is 1. The van der Waals surface area contributed by atoms with Gasteiger partial charge < -0.3 is 10.4 Å². The summed E-state index contributed by atoms with van der Waals surface area (Å²) in [5.74, 6) is 0.996. The Kier molecular flexibility index (Phi) is 6.27. The molecule has 20 heavy (non-hydrogen) atoms. The van der Waals surface area contributed by atoms with Gasteiger partial charge in [-0.1, -0.05) is 25.8 Å². The highest BCUT2D eigenvalue weighted by Gasteiger charge is 2.22. The van der Waals surface area contributed by atoms with Crippen LogP contribution in [0, 0.1) is 0 Å². The van der Waals surface area contributed by atoms with Crippen molar-refractivity contribution in [3.8, 4) is 0 Å². The summed E-state index contributed by atoms with van der Waals surface area (Å²) in [6.07, 6.45) is 8.10. The van der Waals surface area contributed by atoms with E-state index < -0.39 is 0 Å². The van der Waals surface area contributed by atoms with Gasteiger partial charge in [-0.25, -0.2) is 4.98 Å². The Morgan fingerprint density at radius 2 is 2.20 bits per heavy atom. The van der Waals surface area contributed by atoms with Crippen molar-refractivity contribution in [2.45, 2.75) is 51.6 Å². The standard InChI is InChI=1S/C16H27N3O/c1-2-9-17-16-14(6-5-10-18-16)13-19(11-12-20)15-7-3-4-8-15/h5-6,10,15,20H,2-4,7-9,11-13H2,1H3,(H,17,18). The lowest BCUT2D eigenvalue weighted by Gasteiger charge is -2.28. The maximum atomic E-state index is 9.31. The first kappa shape index (κ1) is 15.3. The molecule has 4 nitrogen and oxygen atoms in total. The quantitative estimate of drug-likeness (QED) is 0.767. The molecule has 1 saturated carbocycles. The fraction of sp³-hybridized carbons (Fsp3) is 0.688. The molecule has 2 rings (SSSR count). The maximum Gasteiger partial charge on any atom is 0.130 e. The van der Waals surface area contributed by atoms with E-state index in [0.717, 1.165) is 31.9 Å². The van der Waals surface area contributed by atoms with Crippen LogP contribution in [-0.2, 0) is 6.54 Å². The Morgan fingerprint density at radius 1 is 1.40 bits per heavy atom. The number of aromatic nitrogens is 1. The van der Waals surface area contributed by atoms with E-state index in [9.17, 15) is 5.11 Å². The van der Waals surface area contributed by atoms with E-state index in [1.807, 2.05) is 12.3 Å². The van der Waals surface area contributed by atoms with E-state index in [-0.39, 0.29) is 6.61 Å². The summed E-state index contributed by atoms with van der Waals surface area (Å²) >= 11 is 0. The molecule has 4 heteroatoms. The van der Waals surface area contributed by atoms with Crippen LogP contribution in [0.4, 0.5) is 5.82 Å². The van der Waals surface area contributed by atoms with Crippen LogP contribution >= 0.6 is 0 Å². The van der Waals surface area contributed by atoms with Gasteiger partial charge in [-0.15, -0.1) is 0 Å². The molecule has 0 atom stereocenters. The number of aliphatic hydroxyl groups is 1. The van der Waals surface area contributed by atoms with Crippen LogP contribution in [0.5, 0.6) is 0 Å². The molecule has 0 aromatic carbocycles. The summed E-state index contributed by atoms with van der Waals surface area (Å²) in [5, 5.41) is 12.7. The Labute approximate surface area is 122 Å². The summed E-state index contributed by atoms with van der Waals surface area (Å²) in [6.45, 7) is 4.98. The molecule has 0 bridgehead atoms. The van der Waals surface area contributed by atoms with Crippen LogP contribution in [0.25, 0.3) is 0 Å². The third-order valence-corrected chi connectivity index (χ3v) is 4.04. The Hall–Kier alpha value is -1.13. The molecule has 1 aliphatic carbocycles. The average molecular weight is 277 g/mol. The normalized spacial score (nSPS) is 15.9. The molecule has 112 valence electrons. The fourth-order valence-corrected chi connectivity index (χ4v) is 2.98. The summed E-state index contributed by atoms with van der Waals surface area (Å²) < 4.78 is 0. The second-order valence-electron chi connectivity index (χ2n) is 5.57. The monoisotopic (exact) mass is 277 g/mol. The van der Waals surface area contributed by atoms with Crippen molar-refractivity contribution in [3.05, 3.63) is 23.9 Å². The number of rotatable bonds is 8. The molecule has 1 aromatic rings. The second-order valence-corrected chi connectivity index (χ2v) is 5.57. The molecule has 0 saturated heterocycles. The average Bonchev–Trinajstić information content (AvgIpc) is 3.00. The highest BCUT2D eigenvalue weighted by atomic mass is 16.3. The van der Waals surface area contributed by atoms with Gasteiger partial charge >= 0.3 is 0 Å². The van der Waals surface area contributed by atoms with E-state index in [1.165, 1.54) is 31.2 Å². The van der Waals surface area contributed by atoms with Gasteiger partial charge in [-0.05, 0) is 25.3 Å². The van der Waals surface area contributed by atoms with E-state index in [0.29, 0.717) is 6.04 Å². The van der Waals surface area contributed by atoms with Gasteiger partial charge in [-0.3, -0.25) is 4.90 Å². The van der Waals surface area contributed by atoms with Crippen molar-refractivity contribution < 1.29 is 5.11 Å². The topological polar surface area (TPSA) is 48.4 Å². The van der Waals surface area contributed by atoms with Gasteiger partial charge in [0, 0.05) is 37.4 Å². The lowest BCUT2D eigenvalue weighted by Crippen LogP contribution is -2.35. The van der Waals surface area contributed by atoms with Gasteiger partial charge in [0.2, 0.25) is 0 Å². The lowest BCUT2D eigenvalue weighted by molar-refractivity contribution is 0.145. The lowest BCUT2D eigenvalue weighted by atomic mass is 10.1. The van der Waals surface area contributed by atoms with Gasteiger partial charge in [0.15, 0.2) is 0 Å². The van der Waals surface area contributed by atoms with Crippen LogP contribution in [0.2, 0.25) is 0 Å². The number of hydrogen-bond acceptors (Lipinski definition) is 4. The second kappa shape index (κ2) is 8.22. The predicted molar refractivity (Wildman–Crippen MR) is 82.8 cm³/mol. The van der Waals surface area contributed by atoms with Gasteiger partial charge in [0.25, 0.3) is 0 Å². The molecular formula is C16H27N3O. The van der Waals surface area contributed by atoms with Crippen LogP contribution < -0.4 is 5.32 Å². The first-order valence-corrected chi connectivity index (χ1v) is 7.87. The van der Waals surface area contributed by atoms with E-state index in [2.05, 4.69) is 28.2 Å². The molecule has 1 aromatic heterocycles. The van der Waals surface area contributed by atoms with Gasteiger partial charge in [0.1, 0.15) is 5.82 Å². The third kappa shape index (κ3) is 4.18. The minimum Gasteiger partial charge on any atom is -0.395 e. The van der Waals surface area contributed by atoms with Gasteiger partial charge in [0.05, 0.1) is 6.61 Å². The first-order valence-electron chi connectivity index (χ1n) is 7.87. The number of nitrogens with one attached hydrogen (secondary N) is 1. The zero-order chi connectivity index (χ0) is 14.2. The molecule has 0 aliphatic heterocycles. The summed E-state index contributed by atoms with van der Waals surface area (Å²) in [5.41, 5.74) is 1.24. The zero-order valence-electron chi connectivity index (χ0n) is 12.5. The Morgan fingerprint density at radius 3 is 2.90 bits per heavy atom. The van der Waals surface area contributed by atoms with Crippen LogP contribution in [0.15, 0.2) is 18.3 Å². The van der Waals surface area contributed by atoms with Crippen LogP contribution in [-0.4, -0.2) is 40.7 Å². The first-order chi connectivity index (χ1) is 9.85. The fourth-order valence-electron chi connectivity index (χ4n) is 2.98. The number of hydrogen-bond donors (Lipinski definition) is 2. The molecule has 1 fully saturated rings. The predicted octanol–water partition coefficient (Wildman–Crippen LogP) is 2.64.